The van der Waals surface area contributed by atoms with Gasteiger partial charge in [0.05, 0.1) is 24.7 Å². The lowest BCUT2D eigenvalue weighted by Crippen LogP contribution is -2.42. The normalized spacial score (nSPS) is 19.0. The Morgan fingerprint density at radius 1 is 1.18 bits per heavy atom. The first-order chi connectivity index (χ1) is 13.3. The van der Waals surface area contributed by atoms with Gasteiger partial charge in [-0.1, -0.05) is 6.07 Å². The van der Waals surface area contributed by atoms with Gasteiger partial charge in [0.15, 0.2) is 0 Å². The van der Waals surface area contributed by atoms with Gasteiger partial charge in [0.1, 0.15) is 11.4 Å². The van der Waals surface area contributed by atoms with Crippen LogP contribution in [0.4, 0.5) is 0 Å². The fourth-order valence-corrected chi connectivity index (χ4v) is 4.52. The molecule has 150 valence electrons. The van der Waals surface area contributed by atoms with E-state index in [-0.39, 0.29) is 17.0 Å². The third-order valence-corrected chi connectivity index (χ3v) is 6.41. The van der Waals surface area contributed by atoms with E-state index in [1.54, 1.807) is 19.2 Å². The summed E-state index contributed by atoms with van der Waals surface area (Å²) in [6.07, 6.45) is 2.00. The number of benzene rings is 2. The van der Waals surface area contributed by atoms with Gasteiger partial charge in [-0.05, 0) is 66.8 Å². The fraction of sp³-hybridized carbons (Fsp3) is 0.350. The zero-order valence-electron chi connectivity index (χ0n) is 15.8. The van der Waals surface area contributed by atoms with Crippen molar-refractivity contribution in [3.63, 3.8) is 0 Å². The molecule has 0 spiro atoms. The molecule has 1 atom stereocenters. The van der Waals surface area contributed by atoms with Crippen LogP contribution in [0.1, 0.15) is 34.3 Å². The number of fused-ring (bicyclic) bond motifs is 1. The average molecular weight is 405 g/mol. The van der Waals surface area contributed by atoms with Crippen LogP contribution in [-0.2, 0) is 26.8 Å². The minimum Gasteiger partial charge on any atom is -0.497 e. The number of aryl methyl sites for hydroxylation is 1. The molecule has 0 saturated heterocycles. The van der Waals surface area contributed by atoms with Crippen LogP contribution in [0.5, 0.6) is 5.75 Å². The van der Waals surface area contributed by atoms with Crippen molar-refractivity contribution in [2.45, 2.75) is 29.8 Å². The zero-order chi connectivity index (χ0) is 20.4. The highest BCUT2D eigenvalue weighted by Crippen LogP contribution is 2.36. The highest BCUT2D eigenvalue weighted by molar-refractivity contribution is 7.89. The van der Waals surface area contributed by atoms with Crippen molar-refractivity contribution in [1.29, 1.82) is 0 Å². The van der Waals surface area contributed by atoms with Crippen molar-refractivity contribution in [2.24, 2.45) is 0 Å². The van der Waals surface area contributed by atoms with Gasteiger partial charge in [-0.3, -0.25) is 0 Å². The Bertz CT molecular complexity index is 971. The molecule has 0 heterocycles. The molecule has 0 saturated carbocycles. The number of carbonyl (C=O) groups excluding carboxylic acids is 1. The summed E-state index contributed by atoms with van der Waals surface area (Å²) in [7, 11) is -1.01. The van der Waals surface area contributed by atoms with Crippen molar-refractivity contribution in [3.05, 3.63) is 59.2 Å². The number of hydrogen-bond acceptors (Lipinski definition) is 6. The number of ether oxygens (including phenoxy) is 2. The first-order valence-corrected chi connectivity index (χ1v) is 10.4. The topological polar surface area (TPSA) is 102 Å². The molecule has 0 fully saturated rings. The quantitative estimate of drug-likeness (QED) is 0.713. The molecule has 1 aliphatic rings. The molecule has 1 aliphatic carbocycles. The molecule has 0 aliphatic heterocycles. The lowest BCUT2D eigenvalue weighted by molar-refractivity contribution is 0.0242. The van der Waals surface area contributed by atoms with Crippen molar-refractivity contribution in [3.8, 4) is 5.75 Å². The standard InChI is InChI=1S/C20H23NO6S/c1-26-16-7-10-18-15(12-16)4-3-11-20(18,23)13-21-28(24,25)17-8-5-14(6-9-17)19(22)27-2/h5-10,12,21,23H,3-4,11,13H2,1-2H3. The summed E-state index contributed by atoms with van der Waals surface area (Å²) < 4.78 is 37.6. The Labute approximate surface area is 164 Å². The van der Waals surface area contributed by atoms with Gasteiger partial charge in [0.25, 0.3) is 0 Å². The highest BCUT2D eigenvalue weighted by atomic mass is 32.2. The molecule has 0 amide bonds. The first kappa shape index (κ1) is 20.3. The van der Waals surface area contributed by atoms with E-state index in [1.807, 2.05) is 6.07 Å². The zero-order valence-corrected chi connectivity index (χ0v) is 16.6. The van der Waals surface area contributed by atoms with Gasteiger partial charge in [-0.2, -0.15) is 0 Å². The van der Waals surface area contributed by atoms with Gasteiger partial charge in [-0.25, -0.2) is 17.9 Å². The van der Waals surface area contributed by atoms with Gasteiger partial charge >= 0.3 is 5.97 Å². The lowest BCUT2D eigenvalue weighted by Gasteiger charge is -2.34. The van der Waals surface area contributed by atoms with E-state index in [4.69, 9.17) is 4.74 Å². The maximum absolute atomic E-state index is 12.6. The lowest BCUT2D eigenvalue weighted by atomic mass is 9.79. The van der Waals surface area contributed by atoms with Crippen molar-refractivity contribution in [1.82, 2.24) is 4.72 Å². The first-order valence-electron chi connectivity index (χ1n) is 8.87. The highest BCUT2D eigenvalue weighted by Gasteiger charge is 2.35. The Hall–Kier alpha value is -2.42. The average Bonchev–Trinajstić information content (AvgIpc) is 2.72. The van der Waals surface area contributed by atoms with Crippen LogP contribution in [0.3, 0.4) is 0 Å². The van der Waals surface area contributed by atoms with Crippen LogP contribution in [0.25, 0.3) is 0 Å². The summed E-state index contributed by atoms with van der Waals surface area (Å²) in [6, 6.07) is 10.9. The predicted molar refractivity (Wildman–Crippen MR) is 103 cm³/mol. The molecule has 2 N–H and O–H groups in total. The number of sulfonamides is 1. The Balaban J connectivity index is 1.79. The van der Waals surface area contributed by atoms with Crippen LogP contribution in [0.2, 0.25) is 0 Å². The smallest absolute Gasteiger partial charge is 0.337 e. The molecule has 28 heavy (non-hydrogen) atoms. The van der Waals surface area contributed by atoms with Crippen molar-refractivity contribution in [2.75, 3.05) is 20.8 Å². The maximum Gasteiger partial charge on any atom is 0.337 e. The number of rotatable bonds is 6. The summed E-state index contributed by atoms with van der Waals surface area (Å²) >= 11 is 0. The second-order valence-electron chi connectivity index (χ2n) is 6.75. The molecule has 3 rings (SSSR count). The fourth-order valence-electron chi connectivity index (χ4n) is 3.43. The van der Waals surface area contributed by atoms with E-state index in [1.165, 1.54) is 31.4 Å². The van der Waals surface area contributed by atoms with Crippen LogP contribution < -0.4 is 9.46 Å². The molecule has 7 nitrogen and oxygen atoms in total. The largest absolute Gasteiger partial charge is 0.497 e. The summed E-state index contributed by atoms with van der Waals surface area (Å²) in [5.74, 6) is 0.162. The van der Waals surface area contributed by atoms with Crippen LogP contribution in [-0.4, -0.2) is 40.3 Å². The van der Waals surface area contributed by atoms with Gasteiger partial charge in [0, 0.05) is 6.54 Å². The molecule has 1 unspecified atom stereocenters. The SMILES string of the molecule is COC(=O)c1ccc(S(=O)(=O)NCC2(O)CCCc3cc(OC)ccc32)cc1. The summed E-state index contributed by atoms with van der Waals surface area (Å²) in [5, 5.41) is 11.1. The van der Waals surface area contributed by atoms with Gasteiger partial charge in [0.2, 0.25) is 10.0 Å². The molecule has 2 aromatic rings. The monoisotopic (exact) mass is 405 g/mol. The van der Waals surface area contributed by atoms with E-state index in [9.17, 15) is 18.3 Å². The molecule has 2 aromatic carbocycles. The van der Waals surface area contributed by atoms with Crippen LogP contribution >= 0.6 is 0 Å². The Kier molecular flexibility index (Phi) is 5.74. The van der Waals surface area contributed by atoms with E-state index in [2.05, 4.69) is 9.46 Å². The van der Waals surface area contributed by atoms with Crippen LogP contribution in [0.15, 0.2) is 47.4 Å². The second kappa shape index (κ2) is 7.90. The van der Waals surface area contributed by atoms with E-state index in [0.29, 0.717) is 17.7 Å². The summed E-state index contributed by atoms with van der Waals surface area (Å²) in [5.41, 5.74) is 0.632. The van der Waals surface area contributed by atoms with Crippen molar-refractivity contribution >= 4 is 16.0 Å². The Morgan fingerprint density at radius 3 is 2.54 bits per heavy atom. The maximum atomic E-state index is 12.6. The van der Waals surface area contributed by atoms with Crippen molar-refractivity contribution < 1.29 is 27.8 Å². The minimum atomic E-state index is -3.85. The molecule has 0 bridgehead atoms. The third-order valence-electron chi connectivity index (χ3n) is 4.99. The second-order valence-corrected chi connectivity index (χ2v) is 8.52. The number of methoxy groups -OCH3 is 2. The van der Waals surface area contributed by atoms with Gasteiger partial charge < -0.3 is 14.6 Å². The Morgan fingerprint density at radius 2 is 1.89 bits per heavy atom. The number of nitrogens with one attached hydrogen (secondary N) is 1. The molecule has 0 aromatic heterocycles. The molecule has 8 heteroatoms. The molecular weight excluding hydrogens is 382 g/mol. The van der Waals surface area contributed by atoms with Gasteiger partial charge in [-0.15, -0.1) is 0 Å². The van der Waals surface area contributed by atoms with E-state index in [0.717, 1.165) is 18.4 Å². The summed E-state index contributed by atoms with van der Waals surface area (Å²) in [4.78, 5) is 11.5. The molecular formula is C20H23NO6S. The minimum absolute atomic E-state index is 0.00881. The number of esters is 1. The molecule has 0 radical (unpaired) electrons. The predicted octanol–water partition coefficient (Wildman–Crippen LogP) is 1.98. The van der Waals surface area contributed by atoms with Crippen LogP contribution in [0, 0.1) is 0 Å². The number of aliphatic hydroxyl groups is 1. The van der Waals surface area contributed by atoms with E-state index < -0.39 is 21.6 Å². The number of hydrogen-bond donors (Lipinski definition) is 2. The summed E-state index contributed by atoms with van der Waals surface area (Å²) in [6.45, 7) is -0.145. The number of carbonyl (C=O) groups is 1. The third kappa shape index (κ3) is 4.04. The van der Waals surface area contributed by atoms with E-state index >= 15 is 0 Å².